The molecule has 4 N–H and O–H groups in total. The van der Waals surface area contributed by atoms with Crippen LogP contribution < -0.4 is 11.5 Å². The molecule has 74 valence electrons. The summed E-state index contributed by atoms with van der Waals surface area (Å²) in [6.45, 7) is 0. The van der Waals surface area contributed by atoms with Gasteiger partial charge in [0, 0.05) is 5.56 Å². The Morgan fingerprint density at radius 3 is 2.29 bits per heavy atom. The van der Waals surface area contributed by atoms with E-state index in [2.05, 4.69) is 20.9 Å². The van der Waals surface area contributed by atoms with Gasteiger partial charge in [0.1, 0.15) is 0 Å². The highest BCUT2D eigenvalue weighted by Gasteiger charge is 2.02. The lowest BCUT2D eigenvalue weighted by atomic mass is 10.1. The Balaban J connectivity index is 2.89. The summed E-state index contributed by atoms with van der Waals surface area (Å²) in [6.07, 6.45) is 0. The quantitative estimate of drug-likeness (QED) is 0.368. The molecule has 0 atom stereocenters. The molecule has 0 aliphatic rings. The molecule has 1 aromatic rings. The number of alkyl halides is 1. The van der Waals surface area contributed by atoms with Gasteiger partial charge in [-0.1, -0.05) is 15.9 Å². The highest BCUT2D eigenvalue weighted by Crippen LogP contribution is 2.13. The van der Waals surface area contributed by atoms with Gasteiger partial charge >= 0.3 is 0 Å². The minimum absolute atomic E-state index is 0.00423. The molecule has 0 aliphatic carbocycles. The van der Waals surface area contributed by atoms with E-state index in [1.807, 2.05) is 0 Å². The third kappa shape index (κ3) is 2.85. The molecule has 1 rings (SSSR count). The van der Waals surface area contributed by atoms with E-state index < -0.39 is 0 Å². The Bertz CT molecular complexity index is 355. The molecule has 0 aromatic heterocycles. The second kappa shape index (κ2) is 4.76. The smallest absolute Gasteiger partial charge is 0.191 e. The number of hydrogen-bond acceptors (Lipinski definition) is 2. The van der Waals surface area contributed by atoms with E-state index in [1.54, 1.807) is 24.3 Å². The molecule has 0 aliphatic heterocycles. The van der Waals surface area contributed by atoms with Crippen molar-refractivity contribution in [3.63, 3.8) is 0 Å². The van der Waals surface area contributed by atoms with Crippen LogP contribution in [0.3, 0.4) is 0 Å². The number of halogens is 1. The highest BCUT2D eigenvalue weighted by molar-refractivity contribution is 9.09. The second-order valence-corrected chi connectivity index (χ2v) is 3.20. The minimum atomic E-state index is 0.00423. The van der Waals surface area contributed by atoms with Gasteiger partial charge in [-0.05, 0) is 24.3 Å². The van der Waals surface area contributed by atoms with Crippen molar-refractivity contribution in [2.75, 3.05) is 5.33 Å². The van der Waals surface area contributed by atoms with Crippen molar-refractivity contribution in [1.82, 2.24) is 0 Å². The third-order valence-corrected chi connectivity index (χ3v) is 2.08. The number of ketones is 1. The molecule has 0 spiro atoms. The predicted octanol–water partition coefficient (Wildman–Crippen LogP) is 1.17. The summed E-state index contributed by atoms with van der Waals surface area (Å²) in [7, 11) is 0. The first-order valence-electron chi connectivity index (χ1n) is 3.92. The fourth-order valence-electron chi connectivity index (χ4n) is 0.948. The molecule has 0 heterocycles. The number of carbonyl (C=O) groups is 1. The van der Waals surface area contributed by atoms with Crippen LogP contribution in [0.25, 0.3) is 0 Å². The number of benzene rings is 1. The molecular weight excluding hydrogens is 246 g/mol. The maximum absolute atomic E-state index is 11.2. The predicted molar refractivity (Wildman–Crippen MR) is 60.0 cm³/mol. The molecule has 0 unspecified atom stereocenters. The number of Topliss-reactive ketones (excluding diaryl/α,β-unsaturated/α-hetero) is 1. The molecule has 1 aromatic carbocycles. The van der Waals surface area contributed by atoms with Crippen molar-refractivity contribution in [3.05, 3.63) is 29.8 Å². The maximum Gasteiger partial charge on any atom is 0.191 e. The Kier molecular flexibility index (Phi) is 3.64. The van der Waals surface area contributed by atoms with Crippen LogP contribution in [0.2, 0.25) is 0 Å². The normalized spacial score (nSPS) is 9.50. The highest BCUT2D eigenvalue weighted by atomic mass is 79.9. The summed E-state index contributed by atoms with van der Waals surface area (Å²) < 4.78 is 0. The van der Waals surface area contributed by atoms with Gasteiger partial charge in [0.15, 0.2) is 11.7 Å². The van der Waals surface area contributed by atoms with Crippen molar-refractivity contribution in [3.8, 4) is 0 Å². The zero-order chi connectivity index (χ0) is 10.6. The number of carbonyl (C=O) groups excluding carboxylic acids is 1. The van der Waals surface area contributed by atoms with Gasteiger partial charge in [0.05, 0.1) is 11.0 Å². The molecule has 0 amide bonds. The molecule has 0 bridgehead atoms. The lowest BCUT2D eigenvalue weighted by molar-refractivity contribution is 0.102. The van der Waals surface area contributed by atoms with Gasteiger partial charge in [0.25, 0.3) is 0 Å². The molecule has 4 nitrogen and oxygen atoms in total. The number of aliphatic imine (C=N–C) groups is 1. The van der Waals surface area contributed by atoms with Crippen LogP contribution in [0.1, 0.15) is 10.4 Å². The number of rotatable bonds is 3. The second-order valence-electron chi connectivity index (χ2n) is 2.64. The van der Waals surface area contributed by atoms with Crippen LogP contribution in [-0.4, -0.2) is 17.1 Å². The molecule has 0 saturated carbocycles. The molecule has 0 saturated heterocycles. The Hall–Kier alpha value is -1.36. The molecule has 0 radical (unpaired) electrons. The Morgan fingerprint density at radius 2 is 1.86 bits per heavy atom. The van der Waals surface area contributed by atoms with Crippen LogP contribution in [-0.2, 0) is 0 Å². The molecular formula is C9H10BrN3O. The van der Waals surface area contributed by atoms with Crippen LogP contribution in [0.15, 0.2) is 29.3 Å². The number of guanidine groups is 1. The summed E-state index contributed by atoms with van der Waals surface area (Å²) in [5, 5.41) is 0.314. The summed E-state index contributed by atoms with van der Waals surface area (Å²) in [6, 6.07) is 6.75. The molecule has 5 heteroatoms. The third-order valence-electron chi connectivity index (χ3n) is 1.57. The van der Waals surface area contributed by atoms with E-state index in [9.17, 15) is 4.79 Å². The van der Waals surface area contributed by atoms with E-state index in [0.717, 1.165) is 0 Å². The molecule has 14 heavy (non-hydrogen) atoms. The van der Waals surface area contributed by atoms with Crippen molar-refractivity contribution < 1.29 is 4.79 Å². The SMILES string of the molecule is NC(N)=Nc1ccc(C(=O)CBr)cc1. The molecule has 0 fully saturated rings. The van der Waals surface area contributed by atoms with Crippen molar-refractivity contribution in [1.29, 1.82) is 0 Å². The summed E-state index contributed by atoms with van der Waals surface area (Å²) >= 11 is 3.09. The number of hydrogen-bond donors (Lipinski definition) is 2. The maximum atomic E-state index is 11.2. The fourth-order valence-corrected chi connectivity index (χ4v) is 1.27. The largest absolute Gasteiger partial charge is 0.370 e. The zero-order valence-electron chi connectivity index (χ0n) is 7.40. The minimum Gasteiger partial charge on any atom is -0.370 e. The van der Waals surface area contributed by atoms with Gasteiger partial charge in [-0.15, -0.1) is 0 Å². The van der Waals surface area contributed by atoms with Gasteiger partial charge in [-0.3, -0.25) is 4.79 Å². The van der Waals surface area contributed by atoms with Gasteiger partial charge < -0.3 is 11.5 Å². The first-order chi connectivity index (χ1) is 6.63. The van der Waals surface area contributed by atoms with E-state index in [-0.39, 0.29) is 11.7 Å². The summed E-state index contributed by atoms with van der Waals surface area (Å²) in [5.41, 5.74) is 11.7. The van der Waals surface area contributed by atoms with Crippen LogP contribution in [0.5, 0.6) is 0 Å². The Morgan fingerprint density at radius 1 is 1.29 bits per heavy atom. The van der Waals surface area contributed by atoms with Gasteiger partial charge in [-0.25, -0.2) is 4.99 Å². The lowest BCUT2D eigenvalue weighted by Crippen LogP contribution is -2.21. The van der Waals surface area contributed by atoms with E-state index in [1.165, 1.54) is 0 Å². The average Bonchev–Trinajstić information content (AvgIpc) is 2.17. The average molecular weight is 256 g/mol. The van der Waals surface area contributed by atoms with Crippen molar-refractivity contribution in [2.45, 2.75) is 0 Å². The van der Waals surface area contributed by atoms with Crippen LogP contribution >= 0.6 is 15.9 Å². The first kappa shape index (κ1) is 10.7. The monoisotopic (exact) mass is 255 g/mol. The topological polar surface area (TPSA) is 81.5 Å². The van der Waals surface area contributed by atoms with Crippen LogP contribution in [0.4, 0.5) is 5.69 Å². The fraction of sp³-hybridized carbons (Fsp3) is 0.111. The number of nitrogens with two attached hydrogens (primary N) is 2. The van der Waals surface area contributed by atoms with E-state index in [0.29, 0.717) is 16.6 Å². The lowest BCUT2D eigenvalue weighted by Gasteiger charge is -1.98. The summed E-state index contributed by atoms with van der Waals surface area (Å²) in [4.78, 5) is 15.0. The number of nitrogens with zero attached hydrogens (tertiary/aromatic N) is 1. The van der Waals surface area contributed by atoms with E-state index in [4.69, 9.17) is 11.5 Å². The van der Waals surface area contributed by atoms with Gasteiger partial charge in [0.2, 0.25) is 0 Å². The standard InChI is InChI=1S/C9H10BrN3O/c10-5-8(14)6-1-3-7(4-2-6)13-9(11)12/h1-4H,5H2,(H4,11,12,13). The van der Waals surface area contributed by atoms with Gasteiger partial charge in [-0.2, -0.15) is 0 Å². The summed E-state index contributed by atoms with van der Waals surface area (Å²) in [5.74, 6) is 0.0332. The van der Waals surface area contributed by atoms with Crippen molar-refractivity contribution >= 4 is 33.4 Å². The first-order valence-corrected chi connectivity index (χ1v) is 5.04. The van der Waals surface area contributed by atoms with E-state index >= 15 is 0 Å². The van der Waals surface area contributed by atoms with Crippen molar-refractivity contribution in [2.24, 2.45) is 16.5 Å². The Labute approximate surface area is 90.1 Å². The van der Waals surface area contributed by atoms with Crippen LogP contribution in [0, 0.1) is 0 Å². The zero-order valence-corrected chi connectivity index (χ0v) is 8.99.